The lowest BCUT2D eigenvalue weighted by atomic mass is 9.78. The zero-order chi connectivity index (χ0) is 13.1. The maximum atomic E-state index is 9.68. The molecule has 2 N–H and O–H groups in total. The van der Waals surface area contributed by atoms with Crippen LogP contribution in [0.5, 0.6) is 0 Å². The van der Waals surface area contributed by atoms with E-state index < -0.39 is 0 Å². The molecule has 0 amide bonds. The third-order valence-electron chi connectivity index (χ3n) is 5.10. The minimum Gasteiger partial charge on any atom is -0.393 e. The maximum Gasteiger partial charge on any atom is 0.0552 e. The predicted molar refractivity (Wildman–Crippen MR) is 75.6 cm³/mol. The van der Waals surface area contributed by atoms with Gasteiger partial charge in [0.1, 0.15) is 0 Å². The summed E-state index contributed by atoms with van der Waals surface area (Å²) in [7, 11) is 2.11. The molecule has 1 saturated carbocycles. The van der Waals surface area contributed by atoms with Gasteiger partial charge in [-0.1, -0.05) is 6.92 Å². The molecule has 5 atom stereocenters. The second-order valence-electron chi connectivity index (χ2n) is 6.62. The van der Waals surface area contributed by atoms with Gasteiger partial charge in [0.05, 0.1) is 6.10 Å². The fraction of sp³-hybridized carbons (Fsp3) is 1.00. The van der Waals surface area contributed by atoms with Crippen LogP contribution >= 0.6 is 0 Å². The zero-order valence-electron chi connectivity index (χ0n) is 12.2. The summed E-state index contributed by atoms with van der Waals surface area (Å²) in [5.74, 6) is 2.18. The number of hydrogen-bond donors (Lipinski definition) is 2. The molecule has 3 heteroatoms. The average Bonchev–Trinajstić information content (AvgIpc) is 2.78. The lowest BCUT2D eigenvalue weighted by Gasteiger charge is -2.37. The number of aliphatic hydroxyl groups excluding tert-OH is 1. The standard InChI is InChI=1S/C15H30N2O/c1-11-4-5-15(16-3)14(8-11)10-17-7-6-13(9-17)12(2)18/h11-16,18H,4-10H2,1-3H3. The molecule has 1 saturated heterocycles. The first-order chi connectivity index (χ1) is 8.60. The first-order valence-electron chi connectivity index (χ1n) is 7.67. The molecule has 1 heterocycles. The summed E-state index contributed by atoms with van der Waals surface area (Å²) in [6, 6.07) is 0.701. The third kappa shape index (κ3) is 3.46. The highest BCUT2D eigenvalue weighted by molar-refractivity contribution is 4.87. The molecular formula is C15H30N2O. The van der Waals surface area contributed by atoms with Crippen LogP contribution in [0, 0.1) is 17.8 Å². The Bertz CT molecular complexity index is 257. The largest absolute Gasteiger partial charge is 0.393 e. The second-order valence-corrected chi connectivity index (χ2v) is 6.62. The van der Waals surface area contributed by atoms with Gasteiger partial charge in [-0.15, -0.1) is 0 Å². The third-order valence-corrected chi connectivity index (χ3v) is 5.10. The Kier molecular flexibility index (Phi) is 5.05. The van der Waals surface area contributed by atoms with Crippen LogP contribution in [0.15, 0.2) is 0 Å². The van der Waals surface area contributed by atoms with Crippen molar-refractivity contribution in [1.29, 1.82) is 0 Å². The van der Waals surface area contributed by atoms with Crippen molar-refractivity contribution in [3.05, 3.63) is 0 Å². The Hall–Kier alpha value is -0.120. The first-order valence-corrected chi connectivity index (χ1v) is 7.67. The van der Waals surface area contributed by atoms with Gasteiger partial charge in [0.2, 0.25) is 0 Å². The Labute approximate surface area is 112 Å². The lowest BCUT2D eigenvalue weighted by molar-refractivity contribution is 0.118. The molecule has 0 aromatic rings. The van der Waals surface area contributed by atoms with Gasteiger partial charge in [-0.3, -0.25) is 0 Å². The van der Waals surface area contributed by atoms with Gasteiger partial charge in [-0.25, -0.2) is 0 Å². The number of nitrogens with one attached hydrogen (secondary N) is 1. The molecule has 2 fully saturated rings. The highest BCUT2D eigenvalue weighted by Crippen LogP contribution is 2.31. The van der Waals surface area contributed by atoms with Crippen LogP contribution in [0.25, 0.3) is 0 Å². The molecule has 0 radical (unpaired) electrons. The van der Waals surface area contributed by atoms with Crippen LogP contribution in [0.3, 0.4) is 0 Å². The molecule has 0 aromatic carbocycles. The van der Waals surface area contributed by atoms with Crippen LogP contribution in [0.1, 0.15) is 39.5 Å². The fourth-order valence-corrected chi connectivity index (χ4v) is 3.83. The second kappa shape index (κ2) is 6.36. The smallest absolute Gasteiger partial charge is 0.0552 e. The molecule has 0 bridgehead atoms. The van der Waals surface area contributed by atoms with E-state index in [0.29, 0.717) is 12.0 Å². The Balaban J connectivity index is 1.84. The average molecular weight is 254 g/mol. The van der Waals surface area contributed by atoms with E-state index in [4.69, 9.17) is 0 Å². The van der Waals surface area contributed by atoms with Gasteiger partial charge in [0.25, 0.3) is 0 Å². The van der Waals surface area contributed by atoms with Crippen LogP contribution in [0.2, 0.25) is 0 Å². The molecule has 0 aromatic heterocycles. The SMILES string of the molecule is CNC1CCC(C)CC1CN1CCC(C(C)O)C1. The molecule has 0 spiro atoms. The molecule has 2 rings (SSSR count). The molecule has 18 heavy (non-hydrogen) atoms. The first kappa shape index (κ1) is 14.3. The van der Waals surface area contributed by atoms with Crippen molar-refractivity contribution >= 4 is 0 Å². The van der Waals surface area contributed by atoms with Crippen molar-refractivity contribution in [3.8, 4) is 0 Å². The minimum absolute atomic E-state index is 0.139. The topological polar surface area (TPSA) is 35.5 Å². The maximum absolute atomic E-state index is 9.68. The Morgan fingerprint density at radius 1 is 1.33 bits per heavy atom. The van der Waals surface area contributed by atoms with Gasteiger partial charge in [-0.05, 0) is 64.0 Å². The zero-order valence-corrected chi connectivity index (χ0v) is 12.2. The molecule has 2 aliphatic rings. The van der Waals surface area contributed by atoms with Gasteiger partial charge in [0, 0.05) is 19.1 Å². The molecule has 5 unspecified atom stereocenters. The van der Waals surface area contributed by atoms with E-state index in [0.717, 1.165) is 18.4 Å². The summed E-state index contributed by atoms with van der Waals surface area (Å²) in [4.78, 5) is 2.57. The van der Waals surface area contributed by atoms with Gasteiger partial charge in [-0.2, -0.15) is 0 Å². The van der Waals surface area contributed by atoms with Crippen LogP contribution in [-0.2, 0) is 0 Å². The van der Waals surface area contributed by atoms with Gasteiger partial charge in [0.15, 0.2) is 0 Å². The molecule has 1 aliphatic carbocycles. The molecule has 1 aliphatic heterocycles. The Morgan fingerprint density at radius 2 is 2.11 bits per heavy atom. The highest BCUT2D eigenvalue weighted by Gasteiger charge is 2.32. The molecular weight excluding hydrogens is 224 g/mol. The highest BCUT2D eigenvalue weighted by atomic mass is 16.3. The van der Waals surface area contributed by atoms with Crippen molar-refractivity contribution in [2.45, 2.75) is 51.7 Å². The summed E-state index contributed by atoms with van der Waals surface area (Å²) in [5.41, 5.74) is 0. The van der Waals surface area contributed by atoms with Crippen molar-refractivity contribution in [1.82, 2.24) is 10.2 Å². The van der Waals surface area contributed by atoms with Crippen molar-refractivity contribution < 1.29 is 5.11 Å². The quantitative estimate of drug-likeness (QED) is 0.802. The summed E-state index contributed by atoms with van der Waals surface area (Å²) in [6.45, 7) is 7.82. The van der Waals surface area contributed by atoms with Gasteiger partial charge < -0.3 is 15.3 Å². The van der Waals surface area contributed by atoms with Crippen molar-refractivity contribution in [2.75, 3.05) is 26.7 Å². The van der Waals surface area contributed by atoms with E-state index in [2.05, 4.69) is 24.2 Å². The van der Waals surface area contributed by atoms with Gasteiger partial charge >= 0.3 is 0 Å². The van der Waals surface area contributed by atoms with Crippen LogP contribution in [0.4, 0.5) is 0 Å². The van der Waals surface area contributed by atoms with E-state index in [1.807, 2.05) is 6.92 Å². The van der Waals surface area contributed by atoms with Crippen molar-refractivity contribution in [2.24, 2.45) is 17.8 Å². The molecule has 3 nitrogen and oxygen atoms in total. The van der Waals surface area contributed by atoms with E-state index in [1.54, 1.807) is 0 Å². The van der Waals surface area contributed by atoms with Crippen LogP contribution < -0.4 is 5.32 Å². The summed E-state index contributed by atoms with van der Waals surface area (Å²) in [6.07, 6.45) is 5.10. The number of aliphatic hydroxyl groups is 1. The number of hydrogen-bond acceptors (Lipinski definition) is 3. The van der Waals surface area contributed by atoms with E-state index in [-0.39, 0.29) is 6.10 Å². The summed E-state index contributed by atoms with van der Waals surface area (Å²) >= 11 is 0. The van der Waals surface area contributed by atoms with E-state index in [1.165, 1.54) is 38.8 Å². The van der Waals surface area contributed by atoms with Crippen LogP contribution in [-0.4, -0.2) is 48.8 Å². The summed E-state index contributed by atoms with van der Waals surface area (Å²) in [5, 5.41) is 13.2. The summed E-state index contributed by atoms with van der Waals surface area (Å²) < 4.78 is 0. The number of rotatable bonds is 4. The van der Waals surface area contributed by atoms with E-state index in [9.17, 15) is 5.11 Å². The normalized spacial score (nSPS) is 40.0. The lowest BCUT2D eigenvalue weighted by Crippen LogP contribution is -2.44. The monoisotopic (exact) mass is 254 g/mol. The van der Waals surface area contributed by atoms with Crippen molar-refractivity contribution in [3.63, 3.8) is 0 Å². The number of likely N-dealkylation sites (tertiary alicyclic amines) is 1. The number of nitrogens with zero attached hydrogens (tertiary/aromatic N) is 1. The Morgan fingerprint density at radius 3 is 2.72 bits per heavy atom. The predicted octanol–water partition coefficient (Wildman–Crippen LogP) is 1.71. The minimum atomic E-state index is -0.139. The fourth-order valence-electron chi connectivity index (χ4n) is 3.83. The molecule has 106 valence electrons. The van der Waals surface area contributed by atoms with E-state index >= 15 is 0 Å².